The first-order valence-corrected chi connectivity index (χ1v) is 3.70. The molecule has 3 N–H and O–H groups in total. The van der Waals surface area contributed by atoms with E-state index in [0.29, 0.717) is 11.4 Å². The minimum atomic E-state index is -0.403. The summed E-state index contributed by atoms with van der Waals surface area (Å²) in [6.45, 7) is 1.76. The molecule has 0 saturated carbocycles. The minimum absolute atomic E-state index is 0.309. The lowest BCUT2D eigenvalue weighted by atomic mass is 10.2. The number of hydrogen-bond acceptors (Lipinski definition) is 4. The molecule has 70 valence electrons. The number of nitrogens with one attached hydrogen (secondary N) is 1. The number of aromatic nitrogens is 1. The van der Waals surface area contributed by atoms with Gasteiger partial charge in [-0.05, 0) is 18.6 Å². The number of amides is 1. The smallest absolute Gasteiger partial charge is 0.284 e. The second kappa shape index (κ2) is 3.86. The van der Waals surface area contributed by atoms with Crippen LogP contribution in [0.2, 0.25) is 0 Å². The van der Waals surface area contributed by atoms with Crippen molar-refractivity contribution in [2.75, 3.05) is 7.11 Å². The first-order chi connectivity index (χ1) is 6.19. The van der Waals surface area contributed by atoms with Crippen molar-refractivity contribution < 1.29 is 9.53 Å². The predicted octanol–water partition coefficient (Wildman–Crippen LogP) is 0.00212. The number of carbonyl (C=O) groups is 1. The lowest BCUT2D eigenvalue weighted by Crippen LogP contribution is -2.31. The zero-order chi connectivity index (χ0) is 9.84. The van der Waals surface area contributed by atoms with Crippen LogP contribution in [0.1, 0.15) is 16.1 Å². The highest BCUT2D eigenvalue weighted by molar-refractivity contribution is 5.93. The molecule has 1 rings (SSSR count). The molecule has 1 heterocycles. The van der Waals surface area contributed by atoms with Crippen LogP contribution in [0, 0.1) is 6.92 Å². The molecule has 1 aromatic heterocycles. The maximum absolute atomic E-state index is 11.1. The van der Waals surface area contributed by atoms with Crippen LogP contribution in [0.15, 0.2) is 12.3 Å². The van der Waals surface area contributed by atoms with Crippen LogP contribution in [0.5, 0.6) is 5.75 Å². The number of carbonyl (C=O) groups excluding carboxylic acids is 1. The monoisotopic (exact) mass is 181 g/mol. The van der Waals surface area contributed by atoms with Gasteiger partial charge in [0.1, 0.15) is 11.4 Å². The average Bonchev–Trinajstić information content (AvgIpc) is 2.16. The highest BCUT2D eigenvalue weighted by Gasteiger charge is 2.09. The summed E-state index contributed by atoms with van der Waals surface area (Å²) in [6.07, 6.45) is 1.47. The van der Waals surface area contributed by atoms with Gasteiger partial charge in [-0.2, -0.15) is 0 Å². The number of nitrogens with zero attached hydrogens (tertiary/aromatic N) is 1. The molecular weight excluding hydrogens is 170 g/mol. The maximum atomic E-state index is 11.1. The highest BCUT2D eigenvalue weighted by atomic mass is 16.5. The lowest BCUT2D eigenvalue weighted by Gasteiger charge is -2.04. The molecular formula is C8H11N3O2. The largest absolute Gasteiger partial charge is 0.495 e. The van der Waals surface area contributed by atoms with Crippen molar-refractivity contribution in [3.8, 4) is 5.75 Å². The number of nitrogen functional groups attached to an aromatic ring is 1. The van der Waals surface area contributed by atoms with Crippen LogP contribution >= 0.6 is 0 Å². The van der Waals surface area contributed by atoms with E-state index in [9.17, 15) is 4.79 Å². The summed E-state index contributed by atoms with van der Waals surface area (Å²) in [5.41, 5.74) is 3.05. The average molecular weight is 181 g/mol. The van der Waals surface area contributed by atoms with E-state index in [2.05, 4.69) is 4.98 Å². The lowest BCUT2D eigenvalue weighted by molar-refractivity contribution is 0.0948. The molecule has 0 aromatic carbocycles. The Balaban J connectivity index is 3.05. The van der Waals surface area contributed by atoms with E-state index >= 15 is 0 Å². The topological polar surface area (TPSA) is 77.2 Å². The van der Waals surface area contributed by atoms with E-state index in [1.807, 2.05) is 5.43 Å². The summed E-state index contributed by atoms with van der Waals surface area (Å²) in [4.78, 5) is 15.0. The summed E-state index contributed by atoms with van der Waals surface area (Å²) in [6, 6.07) is 1.72. The van der Waals surface area contributed by atoms with Crippen LogP contribution < -0.4 is 16.0 Å². The summed E-state index contributed by atoms with van der Waals surface area (Å²) in [5.74, 6) is 5.19. The van der Waals surface area contributed by atoms with Gasteiger partial charge in [-0.25, -0.2) is 10.8 Å². The molecule has 1 amide bonds. The SMILES string of the molecule is COc1cnc(C(=O)NN)c(C)c1. The normalized spacial score (nSPS) is 9.46. The Morgan fingerprint density at radius 1 is 1.69 bits per heavy atom. The van der Waals surface area contributed by atoms with Gasteiger partial charge in [-0.1, -0.05) is 0 Å². The highest BCUT2D eigenvalue weighted by Crippen LogP contribution is 2.13. The van der Waals surface area contributed by atoms with Gasteiger partial charge in [0.15, 0.2) is 0 Å². The fourth-order valence-electron chi connectivity index (χ4n) is 0.967. The molecule has 0 bridgehead atoms. The van der Waals surface area contributed by atoms with E-state index < -0.39 is 5.91 Å². The van der Waals surface area contributed by atoms with E-state index in [1.54, 1.807) is 20.1 Å². The molecule has 0 unspecified atom stereocenters. The van der Waals surface area contributed by atoms with Crippen LogP contribution in [0.25, 0.3) is 0 Å². The number of methoxy groups -OCH3 is 1. The second-order valence-electron chi connectivity index (χ2n) is 2.51. The Morgan fingerprint density at radius 2 is 2.38 bits per heavy atom. The van der Waals surface area contributed by atoms with Crippen molar-refractivity contribution in [3.63, 3.8) is 0 Å². The van der Waals surface area contributed by atoms with Crippen molar-refractivity contribution in [1.82, 2.24) is 10.4 Å². The third-order valence-corrected chi connectivity index (χ3v) is 1.64. The zero-order valence-corrected chi connectivity index (χ0v) is 7.50. The summed E-state index contributed by atoms with van der Waals surface area (Å²) < 4.78 is 4.94. The molecule has 0 spiro atoms. The summed E-state index contributed by atoms with van der Waals surface area (Å²) >= 11 is 0. The van der Waals surface area contributed by atoms with Gasteiger partial charge in [0.2, 0.25) is 0 Å². The number of ether oxygens (including phenoxy) is 1. The van der Waals surface area contributed by atoms with Gasteiger partial charge >= 0.3 is 0 Å². The standard InChI is InChI=1S/C8H11N3O2/c1-5-3-6(13-2)4-10-7(5)8(12)11-9/h3-4H,9H2,1-2H3,(H,11,12). The molecule has 5 nitrogen and oxygen atoms in total. The fourth-order valence-corrected chi connectivity index (χ4v) is 0.967. The molecule has 0 aliphatic heterocycles. The number of pyridine rings is 1. The van der Waals surface area contributed by atoms with Crippen LogP contribution in [-0.4, -0.2) is 18.0 Å². The Bertz CT molecular complexity index is 325. The maximum Gasteiger partial charge on any atom is 0.284 e. The minimum Gasteiger partial charge on any atom is -0.495 e. The van der Waals surface area contributed by atoms with Crippen LogP contribution in [0.4, 0.5) is 0 Å². The Labute approximate surface area is 75.9 Å². The molecule has 0 aliphatic carbocycles. The fraction of sp³-hybridized carbons (Fsp3) is 0.250. The van der Waals surface area contributed by atoms with Crippen molar-refractivity contribution >= 4 is 5.91 Å². The van der Waals surface area contributed by atoms with Gasteiger partial charge in [-0.3, -0.25) is 10.2 Å². The number of aryl methyl sites for hydroxylation is 1. The molecule has 0 fully saturated rings. The number of hydrogen-bond donors (Lipinski definition) is 2. The summed E-state index contributed by atoms with van der Waals surface area (Å²) in [5, 5.41) is 0. The van der Waals surface area contributed by atoms with Gasteiger partial charge in [0, 0.05) is 0 Å². The Morgan fingerprint density at radius 3 is 2.85 bits per heavy atom. The zero-order valence-electron chi connectivity index (χ0n) is 7.50. The van der Waals surface area contributed by atoms with Gasteiger partial charge in [-0.15, -0.1) is 0 Å². The predicted molar refractivity (Wildman–Crippen MR) is 47.2 cm³/mol. The Kier molecular flexibility index (Phi) is 2.81. The third-order valence-electron chi connectivity index (χ3n) is 1.64. The first kappa shape index (κ1) is 9.47. The van der Waals surface area contributed by atoms with Crippen molar-refractivity contribution in [2.24, 2.45) is 5.84 Å². The van der Waals surface area contributed by atoms with E-state index in [0.717, 1.165) is 5.56 Å². The van der Waals surface area contributed by atoms with E-state index in [4.69, 9.17) is 10.6 Å². The molecule has 0 atom stereocenters. The third kappa shape index (κ3) is 1.94. The quantitative estimate of drug-likeness (QED) is 0.382. The molecule has 1 aromatic rings. The molecule has 5 heteroatoms. The first-order valence-electron chi connectivity index (χ1n) is 3.70. The van der Waals surface area contributed by atoms with Gasteiger partial charge in [0.05, 0.1) is 13.3 Å². The molecule has 0 aliphatic rings. The van der Waals surface area contributed by atoms with E-state index in [-0.39, 0.29) is 0 Å². The van der Waals surface area contributed by atoms with Crippen LogP contribution in [0.3, 0.4) is 0 Å². The van der Waals surface area contributed by atoms with Gasteiger partial charge in [0.25, 0.3) is 5.91 Å². The number of nitrogens with two attached hydrogens (primary N) is 1. The summed E-state index contributed by atoms with van der Waals surface area (Å²) in [7, 11) is 1.54. The Hall–Kier alpha value is -1.62. The van der Waals surface area contributed by atoms with Crippen molar-refractivity contribution in [1.29, 1.82) is 0 Å². The van der Waals surface area contributed by atoms with Crippen molar-refractivity contribution in [2.45, 2.75) is 6.92 Å². The molecule has 0 saturated heterocycles. The molecule has 13 heavy (non-hydrogen) atoms. The van der Waals surface area contributed by atoms with Crippen molar-refractivity contribution in [3.05, 3.63) is 23.5 Å². The van der Waals surface area contributed by atoms with Gasteiger partial charge < -0.3 is 4.74 Å². The van der Waals surface area contributed by atoms with E-state index in [1.165, 1.54) is 6.20 Å². The van der Waals surface area contributed by atoms with Crippen LogP contribution in [-0.2, 0) is 0 Å². The number of rotatable bonds is 2. The number of hydrazine groups is 1. The molecule has 0 radical (unpaired) electrons. The second-order valence-corrected chi connectivity index (χ2v) is 2.51.